The molecule has 0 saturated carbocycles. The Kier molecular flexibility index (Phi) is 8.37. The second-order valence-electron chi connectivity index (χ2n) is 8.13. The monoisotopic (exact) mass is 539 g/mol. The Morgan fingerprint density at radius 3 is 2.49 bits per heavy atom. The number of anilines is 1. The molecule has 0 fully saturated rings. The third kappa shape index (κ3) is 6.44. The summed E-state index contributed by atoms with van der Waals surface area (Å²) in [6.45, 7) is 1.59. The second-order valence-corrected chi connectivity index (χ2v) is 9.49. The zero-order chi connectivity index (χ0) is 26.4. The summed E-state index contributed by atoms with van der Waals surface area (Å²) < 4.78 is 19.3. The number of furan rings is 1. The van der Waals surface area contributed by atoms with E-state index in [1.165, 1.54) is 34.6 Å². The molecule has 0 bridgehead atoms. The van der Waals surface area contributed by atoms with Gasteiger partial charge in [-0.15, -0.1) is 11.3 Å². The van der Waals surface area contributed by atoms with Crippen molar-refractivity contribution in [3.8, 4) is 0 Å². The molecule has 0 aliphatic rings. The molecule has 1 atom stereocenters. The van der Waals surface area contributed by atoms with Crippen LogP contribution in [0.5, 0.6) is 0 Å². The third-order valence-corrected chi connectivity index (χ3v) is 6.67. The lowest BCUT2D eigenvalue weighted by Crippen LogP contribution is -2.47. The zero-order valence-electron chi connectivity index (χ0n) is 19.7. The van der Waals surface area contributed by atoms with Gasteiger partial charge in [-0.25, -0.2) is 4.39 Å². The number of rotatable bonds is 9. The number of aryl methyl sites for hydroxylation is 1. The molecule has 10 heteroatoms. The predicted octanol–water partition coefficient (Wildman–Crippen LogP) is 5.26. The molecule has 2 heterocycles. The van der Waals surface area contributed by atoms with Gasteiger partial charge in [0.1, 0.15) is 17.6 Å². The molecule has 4 rings (SSSR count). The molecule has 0 radical (unpaired) electrons. The maximum absolute atomic E-state index is 14.0. The molecule has 4 aromatic rings. The molecular weight excluding hydrogens is 517 g/mol. The first-order valence-corrected chi connectivity index (χ1v) is 12.5. The van der Waals surface area contributed by atoms with Crippen LogP contribution in [0.25, 0.3) is 0 Å². The van der Waals surface area contributed by atoms with Crippen molar-refractivity contribution in [3.05, 3.63) is 111 Å². The molecular formula is C27H23ClFN3O4S. The van der Waals surface area contributed by atoms with Crippen molar-refractivity contribution in [1.29, 1.82) is 0 Å². The van der Waals surface area contributed by atoms with Crippen molar-refractivity contribution in [1.82, 2.24) is 10.6 Å². The number of hydrogen-bond acceptors (Lipinski definition) is 5. The average molecular weight is 540 g/mol. The van der Waals surface area contributed by atoms with Crippen LogP contribution in [0.15, 0.2) is 82.8 Å². The Hall–Kier alpha value is -3.95. The minimum Gasteiger partial charge on any atom is -0.467 e. The van der Waals surface area contributed by atoms with E-state index in [-0.39, 0.29) is 17.3 Å². The van der Waals surface area contributed by atoms with Crippen LogP contribution < -0.4 is 15.5 Å². The number of benzene rings is 2. The Bertz CT molecular complexity index is 1380. The van der Waals surface area contributed by atoms with Crippen LogP contribution in [0.1, 0.15) is 32.6 Å². The summed E-state index contributed by atoms with van der Waals surface area (Å²) in [7, 11) is 0. The number of thiophene rings is 1. The zero-order valence-corrected chi connectivity index (χ0v) is 21.3. The van der Waals surface area contributed by atoms with Crippen LogP contribution in [0, 0.1) is 12.7 Å². The van der Waals surface area contributed by atoms with Gasteiger partial charge in [0, 0.05) is 5.69 Å². The first-order valence-electron chi connectivity index (χ1n) is 11.3. The molecule has 2 aromatic carbocycles. The number of halogens is 2. The lowest BCUT2D eigenvalue weighted by molar-refractivity contribution is -0.126. The van der Waals surface area contributed by atoms with E-state index >= 15 is 0 Å². The van der Waals surface area contributed by atoms with Gasteiger partial charge in [0.25, 0.3) is 5.91 Å². The van der Waals surface area contributed by atoms with Gasteiger partial charge in [0.2, 0.25) is 11.8 Å². The van der Waals surface area contributed by atoms with Gasteiger partial charge in [-0.2, -0.15) is 0 Å². The quantitative estimate of drug-likeness (QED) is 0.303. The van der Waals surface area contributed by atoms with Crippen LogP contribution in [0.4, 0.5) is 10.1 Å². The SMILES string of the molecule is Cc1ccc([C@@H](C(=O)NCc2ccco2)N(C(=O)CNC(=O)c2cccs2)c2ccc(F)c(Cl)c2)cc1. The smallest absolute Gasteiger partial charge is 0.261 e. The number of hydrogen-bond donors (Lipinski definition) is 2. The number of nitrogens with one attached hydrogen (secondary N) is 2. The molecule has 2 aromatic heterocycles. The molecule has 7 nitrogen and oxygen atoms in total. The molecule has 0 aliphatic carbocycles. The van der Waals surface area contributed by atoms with Crippen LogP contribution in [0.3, 0.4) is 0 Å². The van der Waals surface area contributed by atoms with E-state index in [0.717, 1.165) is 11.6 Å². The van der Waals surface area contributed by atoms with Crippen molar-refractivity contribution >= 4 is 46.3 Å². The number of carbonyl (C=O) groups excluding carboxylic acids is 3. The Morgan fingerprint density at radius 2 is 1.84 bits per heavy atom. The van der Waals surface area contributed by atoms with Crippen LogP contribution in [-0.4, -0.2) is 24.3 Å². The second kappa shape index (κ2) is 11.9. The van der Waals surface area contributed by atoms with Gasteiger partial charge in [-0.05, 0) is 54.3 Å². The minimum atomic E-state index is -1.15. The Labute approximate surface area is 221 Å². The topological polar surface area (TPSA) is 91.7 Å². The summed E-state index contributed by atoms with van der Waals surface area (Å²) in [5, 5.41) is 6.93. The highest BCUT2D eigenvalue weighted by atomic mass is 35.5. The highest BCUT2D eigenvalue weighted by molar-refractivity contribution is 7.12. The number of amides is 3. The van der Waals surface area contributed by atoms with E-state index in [0.29, 0.717) is 16.2 Å². The molecule has 0 saturated heterocycles. The minimum absolute atomic E-state index is 0.0928. The van der Waals surface area contributed by atoms with Gasteiger partial charge >= 0.3 is 0 Å². The highest BCUT2D eigenvalue weighted by Gasteiger charge is 2.33. The lowest BCUT2D eigenvalue weighted by Gasteiger charge is -2.32. The summed E-state index contributed by atoms with van der Waals surface area (Å²) >= 11 is 7.28. The van der Waals surface area contributed by atoms with E-state index in [4.69, 9.17) is 16.0 Å². The number of carbonyl (C=O) groups is 3. The van der Waals surface area contributed by atoms with Gasteiger partial charge in [-0.1, -0.05) is 47.5 Å². The predicted molar refractivity (Wildman–Crippen MR) is 140 cm³/mol. The fraction of sp³-hybridized carbons (Fsp3) is 0.148. The molecule has 0 aliphatic heterocycles. The van der Waals surface area contributed by atoms with Gasteiger partial charge < -0.3 is 15.1 Å². The average Bonchev–Trinajstić information content (AvgIpc) is 3.61. The molecule has 2 N–H and O–H groups in total. The van der Waals surface area contributed by atoms with E-state index in [1.807, 2.05) is 19.1 Å². The van der Waals surface area contributed by atoms with Crippen molar-refractivity contribution in [3.63, 3.8) is 0 Å². The molecule has 190 valence electrons. The normalized spacial score (nSPS) is 11.5. The van der Waals surface area contributed by atoms with Gasteiger partial charge in [0.05, 0.1) is 29.3 Å². The summed E-state index contributed by atoms with van der Waals surface area (Å²) in [6, 6.07) is 16.5. The molecule has 0 spiro atoms. The first-order chi connectivity index (χ1) is 17.8. The largest absolute Gasteiger partial charge is 0.467 e. The lowest BCUT2D eigenvalue weighted by atomic mass is 10.0. The van der Waals surface area contributed by atoms with E-state index in [9.17, 15) is 18.8 Å². The highest BCUT2D eigenvalue weighted by Crippen LogP contribution is 2.31. The van der Waals surface area contributed by atoms with Gasteiger partial charge in [0.15, 0.2) is 0 Å². The fourth-order valence-electron chi connectivity index (χ4n) is 3.66. The standard InChI is InChI=1S/C27H23ClFN3O4S/c1-17-6-8-18(9-7-17)25(27(35)30-15-20-4-2-12-36-20)32(19-10-11-22(29)21(28)14-19)24(33)16-31-26(34)23-5-3-13-37-23/h2-14,25H,15-16H2,1H3,(H,30,35)(H,31,34)/t25-/m0/s1. The maximum atomic E-state index is 14.0. The summed E-state index contributed by atoms with van der Waals surface area (Å²) in [6.07, 6.45) is 1.49. The summed E-state index contributed by atoms with van der Waals surface area (Å²) in [5.41, 5.74) is 1.67. The summed E-state index contributed by atoms with van der Waals surface area (Å²) in [5.74, 6) is -1.65. The molecule has 37 heavy (non-hydrogen) atoms. The van der Waals surface area contributed by atoms with Crippen molar-refractivity contribution in [2.24, 2.45) is 0 Å². The van der Waals surface area contributed by atoms with Crippen LogP contribution >= 0.6 is 22.9 Å². The fourth-order valence-corrected chi connectivity index (χ4v) is 4.47. The van der Waals surface area contributed by atoms with Crippen molar-refractivity contribution in [2.75, 3.05) is 11.4 Å². The Balaban J connectivity index is 1.70. The number of nitrogens with zero attached hydrogens (tertiary/aromatic N) is 1. The maximum Gasteiger partial charge on any atom is 0.261 e. The Morgan fingerprint density at radius 1 is 1.05 bits per heavy atom. The molecule has 0 unspecified atom stereocenters. The van der Waals surface area contributed by atoms with E-state index < -0.39 is 36.1 Å². The molecule has 3 amide bonds. The summed E-state index contributed by atoms with van der Waals surface area (Å²) in [4.78, 5) is 41.3. The van der Waals surface area contributed by atoms with Crippen LogP contribution in [0.2, 0.25) is 5.02 Å². The first kappa shape index (κ1) is 26.1. The van der Waals surface area contributed by atoms with Crippen molar-refractivity contribution in [2.45, 2.75) is 19.5 Å². The van der Waals surface area contributed by atoms with E-state index in [1.54, 1.807) is 41.8 Å². The van der Waals surface area contributed by atoms with E-state index in [2.05, 4.69) is 10.6 Å². The third-order valence-electron chi connectivity index (χ3n) is 5.51. The van der Waals surface area contributed by atoms with Crippen LogP contribution in [-0.2, 0) is 16.1 Å². The van der Waals surface area contributed by atoms with Crippen molar-refractivity contribution < 1.29 is 23.2 Å². The van der Waals surface area contributed by atoms with Gasteiger partial charge in [-0.3, -0.25) is 19.3 Å².